The molecule has 2 aromatic heterocycles. The van der Waals surface area contributed by atoms with E-state index in [0.29, 0.717) is 45.6 Å². The van der Waals surface area contributed by atoms with Crippen LogP contribution in [0.4, 0.5) is 15.8 Å². The summed E-state index contributed by atoms with van der Waals surface area (Å²) in [5, 5.41) is 36.1. The summed E-state index contributed by atoms with van der Waals surface area (Å²) in [7, 11) is 0. The highest BCUT2D eigenvalue weighted by atomic mass is 19.1. The van der Waals surface area contributed by atoms with Gasteiger partial charge in [-0.25, -0.2) is 9.07 Å². The molecular weight excluding hydrogens is 479 g/mol. The molecule has 1 saturated carbocycles. The van der Waals surface area contributed by atoms with Gasteiger partial charge in [0.1, 0.15) is 23.6 Å². The third-order valence-electron chi connectivity index (χ3n) is 6.86. The number of anilines is 2. The van der Waals surface area contributed by atoms with Crippen molar-refractivity contribution in [2.75, 3.05) is 17.2 Å². The van der Waals surface area contributed by atoms with Crippen LogP contribution in [0.25, 0.3) is 10.9 Å². The number of nitrogens with one attached hydrogen (secondary N) is 2. The number of hydrogen-bond donors (Lipinski definition) is 2. The van der Waals surface area contributed by atoms with Gasteiger partial charge in [0.05, 0.1) is 40.1 Å². The van der Waals surface area contributed by atoms with Crippen molar-refractivity contribution in [2.24, 2.45) is 5.41 Å². The molecule has 8 nitrogen and oxygen atoms in total. The largest absolute Gasteiger partial charge is 0.383 e. The van der Waals surface area contributed by atoms with E-state index < -0.39 is 6.04 Å². The van der Waals surface area contributed by atoms with Crippen molar-refractivity contribution >= 4 is 22.3 Å². The fraction of sp³-hybridized carbons (Fsp3) is 0.345. The average Bonchev–Trinajstić information content (AvgIpc) is 3.44. The molecule has 0 aliphatic heterocycles. The lowest BCUT2D eigenvalue weighted by Crippen LogP contribution is -2.20. The van der Waals surface area contributed by atoms with Gasteiger partial charge in [-0.2, -0.15) is 10.5 Å². The van der Waals surface area contributed by atoms with Crippen molar-refractivity contribution in [3.63, 3.8) is 0 Å². The Morgan fingerprint density at radius 3 is 2.45 bits per heavy atom. The standard InChI is InChI=1S/C29H29FN8/c1-28(2,3)17-34-26-20(14-32)15-33-25-19(13-31)11-22(12-23(25)26)35-27(18-5-7-21(30)8-6-18)24-16-38(37-36-24)29(4)9-10-29/h5-8,11-12,15-16,27,35H,9-10,17H2,1-4H3,(H,33,34)/t27-/m0/s1. The van der Waals surface area contributed by atoms with Crippen molar-refractivity contribution < 1.29 is 4.39 Å². The van der Waals surface area contributed by atoms with Gasteiger partial charge in [0.25, 0.3) is 0 Å². The van der Waals surface area contributed by atoms with E-state index in [4.69, 9.17) is 0 Å². The molecule has 1 atom stereocenters. The van der Waals surface area contributed by atoms with Crippen LogP contribution in [0, 0.1) is 33.9 Å². The predicted octanol–water partition coefficient (Wildman–Crippen LogP) is 5.88. The molecule has 0 spiro atoms. The average molecular weight is 509 g/mol. The first-order valence-corrected chi connectivity index (χ1v) is 12.6. The van der Waals surface area contributed by atoms with Crippen LogP contribution < -0.4 is 10.6 Å². The Bertz CT molecular complexity index is 1580. The first kappa shape index (κ1) is 25.2. The second kappa shape index (κ2) is 9.42. The maximum Gasteiger partial charge on any atom is 0.123 e. The van der Waals surface area contributed by atoms with Crippen molar-refractivity contribution in [2.45, 2.75) is 52.1 Å². The number of nitrogens with zero attached hydrogens (tertiary/aromatic N) is 6. The van der Waals surface area contributed by atoms with Gasteiger partial charge < -0.3 is 10.6 Å². The summed E-state index contributed by atoms with van der Waals surface area (Å²) in [6, 6.07) is 13.9. The Labute approximate surface area is 221 Å². The van der Waals surface area contributed by atoms with Crippen LogP contribution in [0.5, 0.6) is 0 Å². The van der Waals surface area contributed by atoms with Crippen molar-refractivity contribution in [1.29, 1.82) is 10.5 Å². The molecule has 4 aromatic rings. The summed E-state index contributed by atoms with van der Waals surface area (Å²) in [4.78, 5) is 4.43. The maximum absolute atomic E-state index is 13.8. The zero-order valence-electron chi connectivity index (χ0n) is 21.9. The quantitative estimate of drug-likeness (QED) is 0.320. The number of fused-ring (bicyclic) bond motifs is 1. The van der Waals surface area contributed by atoms with Gasteiger partial charge in [-0.05, 0) is 55.0 Å². The van der Waals surface area contributed by atoms with E-state index in [-0.39, 0.29) is 16.8 Å². The van der Waals surface area contributed by atoms with Crippen LogP contribution in [-0.2, 0) is 5.54 Å². The van der Waals surface area contributed by atoms with Crippen LogP contribution in [-0.4, -0.2) is 26.5 Å². The summed E-state index contributed by atoms with van der Waals surface area (Å²) >= 11 is 0. The molecule has 1 aliphatic rings. The summed E-state index contributed by atoms with van der Waals surface area (Å²) in [6.07, 6.45) is 5.50. The molecule has 0 amide bonds. The number of nitriles is 2. The SMILES string of the molecule is CC(C)(C)CNc1c(C#N)cnc2c(C#N)cc(N[C@@H](c3ccc(F)cc3)c3cn(C4(C)CC4)nn3)cc12. The molecule has 38 heavy (non-hydrogen) atoms. The fourth-order valence-electron chi connectivity index (χ4n) is 4.33. The van der Waals surface area contributed by atoms with Gasteiger partial charge in [0.2, 0.25) is 0 Å². The smallest absolute Gasteiger partial charge is 0.123 e. The first-order chi connectivity index (χ1) is 18.1. The molecule has 5 rings (SSSR count). The highest BCUT2D eigenvalue weighted by molar-refractivity contribution is 5.99. The van der Waals surface area contributed by atoms with E-state index >= 15 is 0 Å². The van der Waals surface area contributed by atoms with Gasteiger partial charge in [-0.1, -0.05) is 38.1 Å². The monoisotopic (exact) mass is 508 g/mol. The zero-order valence-corrected chi connectivity index (χ0v) is 21.9. The molecule has 9 heteroatoms. The Balaban J connectivity index is 1.61. The zero-order chi connectivity index (χ0) is 27.1. The third-order valence-corrected chi connectivity index (χ3v) is 6.86. The maximum atomic E-state index is 13.8. The normalized spacial score (nSPS) is 14.9. The fourth-order valence-corrected chi connectivity index (χ4v) is 4.33. The van der Waals surface area contributed by atoms with Crippen molar-refractivity contribution in [3.05, 3.63) is 77.0 Å². The van der Waals surface area contributed by atoms with E-state index in [0.717, 1.165) is 18.4 Å². The molecule has 1 fully saturated rings. The number of hydrogen-bond acceptors (Lipinski definition) is 7. The highest BCUT2D eigenvalue weighted by Crippen LogP contribution is 2.42. The Hall–Kier alpha value is -4.50. The minimum Gasteiger partial charge on any atom is -0.383 e. The lowest BCUT2D eigenvalue weighted by atomic mass is 9.96. The van der Waals surface area contributed by atoms with Crippen LogP contribution in [0.3, 0.4) is 0 Å². The van der Waals surface area contributed by atoms with E-state index in [2.05, 4.69) is 65.8 Å². The summed E-state index contributed by atoms with van der Waals surface area (Å²) in [5.74, 6) is -0.330. The molecule has 1 aliphatic carbocycles. The molecule has 0 bridgehead atoms. The Kier molecular flexibility index (Phi) is 6.24. The highest BCUT2D eigenvalue weighted by Gasteiger charge is 2.41. The first-order valence-electron chi connectivity index (χ1n) is 12.6. The Morgan fingerprint density at radius 2 is 1.82 bits per heavy atom. The van der Waals surface area contributed by atoms with Crippen LogP contribution in [0.1, 0.15) is 69.0 Å². The topological polar surface area (TPSA) is 115 Å². The summed E-state index contributed by atoms with van der Waals surface area (Å²) < 4.78 is 15.7. The van der Waals surface area contributed by atoms with Gasteiger partial charge in [-0.3, -0.25) is 4.98 Å². The molecule has 0 saturated heterocycles. The number of aromatic nitrogens is 4. The van der Waals surface area contributed by atoms with Gasteiger partial charge in [0, 0.05) is 23.8 Å². The van der Waals surface area contributed by atoms with Crippen molar-refractivity contribution in [3.8, 4) is 12.1 Å². The van der Waals surface area contributed by atoms with Gasteiger partial charge in [-0.15, -0.1) is 5.10 Å². The van der Waals surface area contributed by atoms with E-state index in [1.807, 2.05) is 16.9 Å². The third kappa shape index (κ3) is 5.01. The molecule has 0 radical (unpaired) electrons. The number of pyridine rings is 1. The van der Waals surface area contributed by atoms with Crippen LogP contribution >= 0.6 is 0 Å². The minimum atomic E-state index is -0.450. The van der Waals surface area contributed by atoms with E-state index in [9.17, 15) is 14.9 Å². The number of rotatable bonds is 7. The predicted molar refractivity (Wildman–Crippen MR) is 144 cm³/mol. The molecule has 2 N–H and O–H groups in total. The van der Waals surface area contributed by atoms with Crippen LogP contribution in [0.15, 0.2) is 48.8 Å². The number of halogens is 1. The second-order valence-corrected chi connectivity index (χ2v) is 11.3. The second-order valence-electron chi connectivity index (χ2n) is 11.3. The van der Waals surface area contributed by atoms with Crippen molar-refractivity contribution in [1.82, 2.24) is 20.0 Å². The van der Waals surface area contributed by atoms with E-state index in [1.54, 1.807) is 18.2 Å². The number of benzene rings is 2. The van der Waals surface area contributed by atoms with Gasteiger partial charge in [0.15, 0.2) is 0 Å². The summed E-state index contributed by atoms with van der Waals surface area (Å²) in [6.45, 7) is 9.07. The molecule has 192 valence electrons. The molecular formula is C29H29FN8. The Morgan fingerprint density at radius 1 is 1.11 bits per heavy atom. The molecule has 2 heterocycles. The minimum absolute atomic E-state index is 0.0253. The summed E-state index contributed by atoms with van der Waals surface area (Å²) in [5.41, 5.74) is 3.99. The lowest BCUT2D eigenvalue weighted by molar-refractivity contribution is 0.443. The van der Waals surface area contributed by atoms with Crippen LogP contribution in [0.2, 0.25) is 0 Å². The molecule has 2 aromatic carbocycles. The van der Waals surface area contributed by atoms with E-state index in [1.165, 1.54) is 18.3 Å². The lowest BCUT2D eigenvalue weighted by Gasteiger charge is -2.22. The molecule has 0 unspecified atom stereocenters. The van der Waals surface area contributed by atoms with Gasteiger partial charge >= 0.3 is 0 Å².